The molecule has 3 N–H and O–H groups in total. The summed E-state index contributed by atoms with van der Waals surface area (Å²) in [6, 6.07) is 0. The molecule has 0 saturated carbocycles. The average Bonchev–Trinajstić information content (AvgIpc) is 3.01. The van der Waals surface area contributed by atoms with Crippen molar-refractivity contribution >= 4 is 30.0 Å². The van der Waals surface area contributed by atoms with E-state index in [4.69, 9.17) is 24.1 Å². The Morgan fingerprint density at radius 2 is 0.812 bits per heavy atom. The number of rotatable bonds is 6. The van der Waals surface area contributed by atoms with Crippen LogP contribution in [0.15, 0.2) is 0 Å². The van der Waals surface area contributed by atoms with E-state index >= 15 is 0 Å². The van der Waals surface area contributed by atoms with Gasteiger partial charge in [-0.2, -0.15) is 0 Å². The number of hydrogen-bond donors (Lipinski definition) is 3. The first-order chi connectivity index (χ1) is 22.4. The van der Waals surface area contributed by atoms with Crippen LogP contribution < -0.4 is 10.6 Å². The van der Waals surface area contributed by atoms with Crippen LogP contribution in [0.5, 0.6) is 0 Å². The summed E-state index contributed by atoms with van der Waals surface area (Å²) < 4.78 is 24.3. The molecule has 3 saturated heterocycles. The fourth-order valence-electron chi connectivity index (χ4n) is 4.11. The van der Waals surface area contributed by atoms with Crippen molar-refractivity contribution in [3.05, 3.63) is 0 Å². The summed E-state index contributed by atoms with van der Waals surface area (Å²) in [6.45, 7) is 19.9. The summed E-state index contributed by atoms with van der Waals surface area (Å²) in [5.74, 6) is -0.882. The zero-order valence-electron chi connectivity index (χ0n) is 30.4. The maximum Gasteiger partial charge on any atom is 0.410 e. The minimum Gasteiger partial charge on any atom is -0.480 e. The quantitative estimate of drug-likeness (QED) is 0.346. The number of nitrogens with zero attached hydrogens (tertiary/aromatic N) is 4. The molecule has 4 amide bonds. The van der Waals surface area contributed by atoms with Crippen molar-refractivity contribution in [3.8, 4) is 0 Å². The minimum absolute atomic E-state index is 0.0404. The molecule has 17 nitrogen and oxygen atoms in total. The lowest BCUT2D eigenvalue weighted by atomic mass is 10.2. The van der Waals surface area contributed by atoms with Gasteiger partial charge in [-0.05, 0) is 41.5 Å². The molecule has 0 atom stereocenters. The largest absolute Gasteiger partial charge is 0.480 e. The Hall–Kier alpha value is -3.25. The van der Waals surface area contributed by atoms with Crippen LogP contribution in [0.25, 0.3) is 0 Å². The first-order valence-electron chi connectivity index (χ1n) is 16.1. The second-order valence-corrected chi connectivity index (χ2v) is 12.9. The van der Waals surface area contributed by atoms with E-state index in [1.54, 1.807) is 21.8 Å². The van der Waals surface area contributed by atoms with E-state index in [0.717, 1.165) is 52.4 Å². The molecule has 3 aliphatic rings. The summed E-state index contributed by atoms with van der Waals surface area (Å²) >= 11 is 0. The van der Waals surface area contributed by atoms with Gasteiger partial charge in [0.15, 0.2) is 0 Å². The maximum absolute atomic E-state index is 11.8. The van der Waals surface area contributed by atoms with Crippen LogP contribution in [0.3, 0.4) is 0 Å². The third-order valence-electron chi connectivity index (χ3n) is 6.33. The summed E-state index contributed by atoms with van der Waals surface area (Å²) in [5.41, 5.74) is -0.873. The van der Waals surface area contributed by atoms with Crippen molar-refractivity contribution in [2.24, 2.45) is 0 Å². The number of aliphatic carboxylic acids is 1. The molecule has 0 aliphatic carbocycles. The molecular formula is C31H60N6O11. The molecule has 0 radical (unpaired) electrons. The van der Waals surface area contributed by atoms with Crippen molar-refractivity contribution < 1.29 is 52.8 Å². The van der Waals surface area contributed by atoms with E-state index in [-0.39, 0.29) is 49.4 Å². The lowest BCUT2D eigenvalue weighted by Crippen LogP contribution is -2.52. The Labute approximate surface area is 285 Å². The highest BCUT2D eigenvalue weighted by molar-refractivity contribution is 5.78. The molecule has 0 bridgehead atoms. The highest BCUT2D eigenvalue weighted by Crippen LogP contribution is 2.12. The first-order valence-corrected chi connectivity index (χ1v) is 16.1. The zero-order chi connectivity index (χ0) is 36.8. The summed E-state index contributed by atoms with van der Waals surface area (Å²) in [6.07, 6.45) is -0.518. The van der Waals surface area contributed by atoms with Gasteiger partial charge in [0.2, 0.25) is 11.8 Å². The molecule has 3 heterocycles. The summed E-state index contributed by atoms with van der Waals surface area (Å²) in [7, 11) is 4.38. The molecule has 17 heteroatoms. The van der Waals surface area contributed by atoms with E-state index in [1.807, 2.05) is 46.4 Å². The Kier molecular flexibility index (Phi) is 22.4. The lowest BCUT2D eigenvalue weighted by Gasteiger charge is -2.35. The molecule has 3 fully saturated rings. The van der Waals surface area contributed by atoms with Gasteiger partial charge >= 0.3 is 18.2 Å². The minimum atomic E-state index is -0.933. The van der Waals surface area contributed by atoms with Crippen LogP contribution in [0, 0.1) is 0 Å². The van der Waals surface area contributed by atoms with Crippen molar-refractivity contribution in [1.82, 2.24) is 30.2 Å². The van der Waals surface area contributed by atoms with E-state index < -0.39 is 11.6 Å². The van der Waals surface area contributed by atoms with Gasteiger partial charge in [0.25, 0.3) is 0 Å². The predicted octanol–water partition coefficient (Wildman–Crippen LogP) is 0.321. The van der Waals surface area contributed by atoms with Crippen LogP contribution in [-0.2, 0) is 38.1 Å². The Balaban J connectivity index is 0.000000652. The number of amides is 4. The Morgan fingerprint density at radius 1 is 0.521 bits per heavy atom. The van der Waals surface area contributed by atoms with E-state index in [0.29, 0.717) is 26.2 Å². The number of carboxylic acids is 1. The van der Waals surface area contributed by atoms with Crippen molar-refractivity contribution in [1.29, 1.82) is 0 Å². The highest BCUT2D eigenvalue weighted by Gasteiger charge is 2.27. The van der Waals surface area contributed by atoms with Gasteiger partial charge in [0.1, 0.15) is 31.0 Å². The summed E-state index contributed by atoms with van der Waals surface area (Å²) in [4.78, 5) is 62.4. The van der Waals surface area contributed by atoms with E-state index in [9.17, 15) is 24.0 Å². The van der Waals surface area contributed by atoms with E-state index in [2.05, 4.69) is 15.4 Å². The fraction of sp³-hybridized carbons (Fsp3) is 0.839. The smallest absolute Gasteiger partial charge is 0.410 e. The van der Waals surface area contributed by atoms with Crippen LogP contribution in [0.4, 0.5) is 9.59 Å². The van der Waals surface area contributed by atoms with Crippen molar-refractivity contribution in [2.75, 3.05) is 120 Å². The summed E-state index contributed by atoms with van der Waals surface area (Å²) in [5, 5.41) is 14.1. The number of piperazine rings is 3. The average molecular weight is 693 g/mol. The molecule has 3 aliphatic heterocycles. The van der Waals surface area contributed by atoms with Crippen LogP contribution in [0.2, 0.25) is 0 Å². The normalized spacial score (nSPS) is 16.5. The second kappa shape index (κ2) is 24.0. The van der Waals surface area contributed by atoms with Crippen LogP contribution in [-0.4, -0.2) is 186 Å². The lowest BCUT2D eigenvalue weighted by molar-refractivity contribution is -0.141. The van der Waals surface area contributed by atoms with Crippen LogP contribution >= 0.6 is 0 Å². The Morgan fingerprint density at radius 3 is 1.10 bits per heavy atom. The third-order valence-corrected chi connectivity index (χ3v) is 6.33. The van der Waals surface area contributed by atoms with Crippen LogP contribution in [0.1, 0.15) is 41.5 Å². The van der Waals surface area contributed by atoms with Gasteiger partial charge in [-0.25, -0.2) is 14.4 Å². The number of ether oxygens (including phenoxy) is 5. The fourth-order valence-corrected chi connectivity index (χ4v) is 4.11. The molecule has 0 unspecified atom stereocenters. The van der Waals surface area contributed by atoms with Gasteiger partial charge in [-0.15, -0.1) is 0 Å². The number of carbonyl (C=O) groups excluding carboxylic acids is 4. The van der Waals surface area contributed by atoms with Crippen molar-refractivity contribution in [2.45, 2.75) is 52.7 Å². The topological polar surface area (TPSA) is 189 Å². The number of carboxylic acid groups (broad SMARTS) is 1. The number of hydrogen-bond acceptors (Lipinski definition) is 12. The monoisotopic (exact) mass is 692 g/mol. The molecule has 0 aromatic rings. The first kappa shape index (κ1) is 44.8. The van der Waals surface area contributed by atoms with Gasteiger partial charge < -0.3 is 59.0 Å². The number of carbonyl (C=O) groups is 5. The number of nitrogens with one attached hydrogen (secondary N) is 2. The highest BCUT2D eigenvalue weighted by atomic mass is 16.6. The SMILES string of the molecule is CC(C)(C)OC(=O)N1CCNCC1.COCC(=O)N1CCN(C(=O)OC(C)(C)C)CC1.COCC(=O)N1CCNCC1.COCC(=O)O. The van der Waals surface area contributed by atoms with Gasteiger partial charge in [-0.3, -0.25) is 9.59 Å². The maximum atomic E-state index is 11.8. The third kappa shape index (κ3) is 22.3. The van der Waals surface area contributed by atoms with E-state index in [1.165, 1.54) is 14.2 Å². The number of methoxy groups -OCH3 is 3. The molecular weight excluding hydrogens is 632 g/mol. The Bertz CT molecular complexity index is 952. The van der Waals surface area contributed by atoms with Crippen molar-refractivity contribution in [3.63, 3.8) is 0 Å². The van der Waals surface area contributed by atoms with Gasteiger partial charge in [-0.1, -0.05) is 0 Å². The standard InChI is InChI=1S/C12H22N2O4.C9H18N2O2.C7H14N2O2.C3H6O3/c1-12(2,3)18-11(16)14-7-5-13(6-8-14)10(15)9-17-4;1-9(2,3)13-8(12)11-6-4-10-5-7-11;1-11-6-7(10)9-4-2-8-3-5-9;1-6-2-3(4)5/h5-9H2,1-4H3;10H,4-7H2,1-3H3;8H,2-6H2,1H3;2H2,1H3,(H,4,5). The molecule has 3 rings (SSSR count). The predicted molar refractivity (Wildman–Crippen MR) is 178 cm³/mol. The zero-order valence-corrected chi connectivity index (χ0v) is 30.4. The van der Waals surface area contributed by atoms with Gasteiger partial charge in [0.05, 0.1) is 0 Å². The molecule has 0 spiro atoms. The second-order valence-electron chi connectivity index (χ2n) is 12.9. The molecule has 48 heavy (non-hydrogen) atoms. The van der Waals surface area contributed by atoms with Gasteiger partial charge in [0, 0.05) is 99.9 Å². The molecule has 280 valence electrons. The molecule has 0 aromatic heterocycles. The molecule has 0 aromatic carbocycles.